The fraction of sp³-hybridized carbons (Fsp3) is 0.333. The van der Waals surface area contributed by atoms with Gasteiger partial charge in [-0.2, -0.15) is 0 Å². The van der Waals surface area contributed by atoms with Crippen LogP contribution in [-0.2, 0) is 11.2 Å². The molecule has 0 radical (unpaired) electrons. The molecule has 1 fully saturated rings. The average molecular weight is 441 g/mol. The van der Waals surface area contributed by atoms with Crippen molar-refractivity contribution in [2.45, 2.75) is 19.2 Å². The second-order valence-corrected chi connectivity index (χ2v) is 7.27. The van der Waals surface area contributed by atoms with Crippen molar-refractivity contribution in [1.82, 2.24) is 9.80 Å². The first kappa shape index (κ1) is 22.0. The number of para-hydroxylation sites is 1. The maximum absolute atomic E-state index is 12.5. The highest BCUT2D eigenvalue weighted by molar-refractivity contribution is 6.30. The van der Waals surface area contributed by atoms with E-state index in [9.17, 15) is 22.8 Å². The van der Waals surface area contributed by atoms with Crippen molar-refractivity contribution in [3.63, 3.8) is 0 Å². The van der Waals surface area contributed by atoms with E-state index >= 15 is 0 Å². The summed E-state index contributed by atoms with van der Waals surface area (Å²) in [7, 11) is 0. The minimum Gasteiger partial charge on any atom is -0.406 e. The second-order valence-electron chi connectivity index (χ2n) is 6.84. The van der Waals surface area contributed by atoms with Crippen LogP contribution in [0.1, 0.15) is 22.3 Å². The Morgan fingerprint density at radius 2 is 1.53 bits per heavy atom. The SMILES string of the molecule is O=C(CCc1ccccc1OC(F)(F)F)N1CCN(C(=O)c2ccc(Cl)cc2)CC1. The van der Waals surface area contributed by atoms with Gasteiger partial charge < -0.3 is 14.5 Å². The zero-order chi connectivity index (χ0) is 21.7. The van der Waals surface area contributed by atoms with Crippen LogP contribution in [0.15, 0.2) is 48.5 Å². The molecule has 2 aromatic rings. The summed E-state index contributed by atoms with van der Waals surface area (Å²) in [6.07, 6.45) is -4.59. The van der Waals surface area contributed by atoms with Crippen LogP contribution in [0.3, 0.4) is 0 Å². The fourth-order valence-corrected chi connectivity index (χ4v) is 3.39. The number of halogens is 4. The van der Waals surface area contributed by atoms with Crippen LogP contribution in [0, 0.1) is 0 Å². The van der Waals surface area contributed by atoms with Gasteiger partial charge in [-0.05, 0) is 42.3 Å². The highest BCUT2D eigenvalue weighted by Gasteiger charge is 2.32. The van der Waals surface area contributed by atoms with Gasteiger partial charge in [0, 0.05) is 43.2 Å². The normalized spacial score (nSPS) is 14.5. The van der Waals surface area contributed by atoms with E-state index in [0.29, 0.717) is 42.3 Å². The molecule has 0 aliphatic carbocycles. The molecule has 1 aliphatic heterocycles. The number of aryl methyl sites for hydroxylation is 1. The second kappa shape index (κ2) is 9.38. The molecule has 5 nitrogen and oxygen atoms in total. The van der Waals surface area contributed by atoms with E-state index in [-0.39, 0.29) is 30.4 Å². The Labute approximate surface area is 177 Å². The molecule has 2 amide bonds. The smallest absolute Gasteiger partial charge is 0.406 e. The summed E-state index contributed by atoms with van der Waals surface area (Å²) < 4.78 is 41.6. The number of rotatable bonds is 5. The molecule has 9 heteroatoms. The van der Waals surface area contributed by atoms with E-state index in [0.717, 1.165) is 0 Å². The van der Waals surface area contributed by atoms with Gasteiger partial charge in [-0.1, -0.05) is 29.8 Å². The predicted octanol–water partition coefficient (Wildman–Crippen LogP) is 4.16. The molecule has 0 bridgehead atoms. The molecule has 1 aliphatic rings. The number of ether oxygens (including phenoxy) is 1. The van der Waals surface area contributed by atoms with E-state index in [4.69, 9.17) is 11.6 Å². The molecule has 160 valence electrons. The molecule has 0 N–H and O–H groups in total. The third-order valence-corrected chi connectivity index (χ3v) is 5.07. The van der Waals surface area contributed by atoms with Crippen LogP contribution in [0.25, 0.3) is 0 Å². The Hall–Kier alpha value is -2.74. The van der Waals surface area contributed by atoms with Crippen LogP contribution in [0.2, 0.25) is 5.02 Å². The molecule has 0 spiro atoms. The molecular formula is C21H20ClF3N2O3. The van der Waals surface area contributed by atoms with E-state index in [2.05, 4.69) is 4.74 Å². The minimum atomic E-state index is -4.78. The van der Waals surface area contributed by atoms with Crippen LogP contribution < -0.4 is 4.74 Å². The first-order valence-electron chi connectivity index (χ1n) is 9.39. The summed E-state index contributed by atoms with van der Waals surface area (Å²) >= 11 is 5.84. The van der Waals surface area contributed by atoms with Crippen molar-refractivity contribution in [3.8, 4) is 5.75 Å². The molecule has 3 rings (SSSR count). The van der Waals surface area contributed by atoms with Crippen LogP contribution >= 0.6 is 11.6 Å². The maximum atomic E-state index is 12.5. The maximum Gasteiger partial charge on any atom is 0.573 e. The van der Waals surface area contributed by atoms with E-state index in [1.54, 1.807) is 40.1 Å². The molecule has 0 atom stereocenters. The van der Waals surface area contributed by atoms with Crippen LogP contribution in [0.4, 0.5) is 13.2 Å². The number of nitrogens with zero attached hydrogens (tertiary/aromatic N) is 2. The highest BCUT2D eigenvalue weighted by Crippen LogP contribution is 2.27. The van der Waals surface area contributed by atoms with Crippen molar-refractivity contribution in [2.75, 3.05) is 26.2 Å². The third-order valence-electron chi connectivity index (χ3n) is 4.82. The average Bonchev–Trinajstić information content (AvgIpc) is 2.72. The van der Waals surface area contributed by atoms with Gasteiger partial charge in [0.25, 0.3) is 5.91 Å². The number of hydrogen-bond donors (Lipinski definition) is 0. The molecule has 30 heavy (non-hydrogen) atoms. The largest absolute Gasteiger partial charge is 0.573 e. The first-order valence-corrected chi connectivity index (χ1v) is 9.77. The highest BCUT2D eigenvalue weighted by atomic mass is 35.5. The predicted molar refractivity (Wildman–Crippen MR) is 105 cm³/mol. The van der Waals surface area contributed by atoms with Gasteiger partial charge >= 0.3 is 6.36 Å². The molecule has 1 saturated heterocycles. The van der Waals surface area contributed by atoms with Crippen molar-refractivity contribution in [1.29, 1.82) is 0 Å². The van der Waals surface area contributed by atoms with Gasteiger partial charge in [0.2, 0.25) is 5.91 Å². The number of piperazine rings is 1. The van der Waals surface area contributed by atoms with Gasteiger partial charge in [-0.15, -0.1) is 13.2 Å². The Morgan fingerprint density at radius 3 is 2.17 bits per heavy atom. The van der Waals surface area contributed by atoms with Crippen molar-refractivity contribution in [2.24, 2.45) is 0 Å². The zero-order valence-electron chi connectivity index (χ0n) is 16.0. The molecule has 2 aromatic carbocycles. The van der Waals surface area contributed by atoms with Gasteiger partial charge in [-0.3, -0.25) is 9.59 Å². The number of benzene rings is 2. The molecule has 0 saturated carbocycles. The van der Waals surface area contributed by atoms with Gasteiger partial charge in [-0.25, -0.2) is 0 Å². The fourth-order valence-electron chi connectivity index (χ4n) is 3.27. The molecule has 0 unspecified atom stereocenters. The number of amides is 2. The Bertz CT molecular complexity index is 895. The van der Waals surface area contributed by atoms with Gasteiger partial charge in [0.1, 0.15) is 5.75 Å². The monoisotopic (exact) mass is 440 g/mol. The summed E-state index contributed by atoms with van der Waals surface area (Å²) in [5.41, 5.74) is 0.847. The van der Waals surface area contributed by atoms with E-state index in [1.165, 1.54) is 18.2 Å². The summed E-state index contributed by atoms with van der Waals surface area (Å²) in [5.74, 6) is -0.594. The van der Waals surface area contributed by atoms with Crippen LogP contribution in [0.5, 0.6) is 5.75 Å². The Kier molecular flexibility index (Phi) is 6.87. The van der Waals surface area contributed by atoms with Gasteiger partial charge in [0.05, 0.1) is 0 Å². The quantitative estimate of drug-likeness (QED) is 0.701. The Balaban J connectivity index is 1.51. The summed E-state index contributed by atoms with van der Waals surface area (Å²) in [6, 6.07) is 12.4. The van der Waals surface area contributed by atoms with Crippen molar-refractivity contribution >= 4 is 23.4 Å². The number of alkyl halides is 3. The van der Waals surface area contributed by atoms with Crippen molar-refractivity contribution in [3.05, 3.63) is 64.7 Å². The standard InChI is InChI=1S/C21H20ClF3N2O3/c22-17-8-5-16(6-9-17)20(29)27-13-11-26(12-14-27)19(28)10-7-15-3-1-2-4-18(15)30-21(23,24)25/h1-6,8-9H,7,10-14H2. The first-order chi connectivity index (χ1) is 14.2. The number of carbonyl (C=O) groups excluding carboxylic acids is 2. The molecule has 1 heterocycles. The molecule has 0 aromatic heterocycles. The lowest BCUT2D eigenvalue weighted by Crippen LogP contribution is -2.50. The number of hydrogen-bond acceptors (Lipinski definition) is 3. The Morgan fingerprint density at radius 1 is 0.933 bits per heavy atom. The van der Waals surface area contributed by atoms with Crippen molar-refractivity contribution < 1.29 is 27.5 Å². The lowest BCUT2D eigenvalue weighted by molar-refractivity contribution is -0.274. The minimum absolute atomic E-state index is 0.0589. The topological polar surface area (TPSA) is 49.9 Å². The zero-order valence-corrected chi connectivity index (χ0v) is 16.7. The van der Waals surface area contributed by atoms with Gasteiger partial charge in [0.15, 0.2) is 0 Å². The summed E-state index contributed by atoms with van der Waals surface area (Å²) in [4.78, 5) is 28.3. The lowest BCUT2D eigenvalue weighted by atomic mass is 10.1. The molecular weight excluding hydrogens is 421 g/mol. The van der Waals surface area contributed by atoms with E-state index < -0.39 is 6.36 Å². The van der Waals surface area contributed by atoms with Crippen LogP contribution in [-0.4, -0.2) is 54.2 Å². The summed E-state index contributed by atoms with van der Waals surface area (Å²) in [5, 5.41) is 0.546. The lowest BCUT2D eigenvalue weighted by Gasteiger charge is -2.35. The number of carbonyl (C=O) groups is 2. The summed E-state index contributed by atoms with van der Waals surface area (Å²) in [6.45, 7) is 1.53. The third kappa shape index (κ3) is 5.89. The van der Waals surface area contributed by atoms with E-state index in [1.807, 2.05) is 0 Å².